The van der Waals surface area contributed by atoms with Gasteiger partial charge in [0.15, 0.2) is 11.5 Å². The van der Waals surface area contributed by atoms with Gasteiger partial charge in [0.25, 0.3) is 0 Å². The van der Waals surface area contributed by atoms with Crippen molar-refractivity contribution in [3.63, 3.8) is 0 Å². The standard InChI is InChI=1S/C29H26N2O4/c1-2-33-21-11-7-19(8-12-21)9-14-27(32)31-16-15-23-22-5-3-4-6-24(22)30-28(23)29(31)20-10-13-25-26(17-20)35-18-34-25/h3-14,17,29-30H,2,15-16,18H2,1H3. The van der Waals surface area contributed by atoms with Crippen LogP contribution in [0.3, 0.4) is 0 Å². The van der Waals surface area contributed by atoms with Crippen LogP contribution in [0.15, 0.2) is 72.8 Å². The molecular weight excluding hydrogens is 440 g/mol. The van der Waals surface area contributed by atoms with E-state index in [-0.39, 0.29) is 18.7 Å². The number of H-pyrrole nitrogens is 1. The van der Waals surface area contributed by atoms with Crippen LogP contribution in [0.4, 0.5) is 0 Å². The fourth-order valence-corrected chi connectivity index (χ4v) is 5.01. The second-order valence-corrected chi connectivity index (χ2v) is 8.70. The monoisotopic (exact) mass is 466 g/mol. The Hall–Kier alpha value is -4.19. The van der Waals surface area contributed by atoms with Gasteiger partial charge in [-0.1, -0.05) is 36.4 Å². The van der Waals surface area contributed by atoms with Gasteiger partial charge in [0, 0.05) is 29.2 Å². The second kappa shape index (κ2) is 8.87. The summed E-state index contributed by atoms with van der Waals surface area (Å²) in [4.78, 5) is 19.1. The second-order valence-electron chi connectivity index (χ2n) is 8.70. The molecule has 0 saturated carbocycles. The van der Waals surface area contributed by atoms with E-state index in [0.717, 1.165) is 40.3 Å². The molecule has 1 unspecified atom stereocenters. The average molecular weight is 467 g/mol. The number of para-hydroxylation sites is 1. The van der Waals surface area contributed by atoms with E-state index in [4.69, 9.17) is 14.2 Å². The van der Waals surface area contributed by atoms with Gasteiger partial charge in [-0.3, -0.25) is 4.79 Å². The first-order chi connectivity index (χ1) is 17.2. The summed E-state index contributed by atoms with van der Waals surface area (Å²) in [6.45, 7) is 3.43. The third kappa shape index (κ3) is 3.91. The van der Waals surface area contributed by atoms with Crippen molar-refractivity contribution in [1.29, 1.82) is 0 Å². The summed E-state index contributed by atoms with van der Waals surface area (Å²) in [5.74, 6) is 2.23. The quantitative estimate of drug-likeness (QED) is 0.396. The number of aromatic nitrogens is 1. The van der Waals surface area contributed by atoms with Crippen LogP contribution in [0.1, 0.15) is 35.3 Å². The molecule has 0 spiro atoms. The van der Waals surface area contributed by atoms with Crippen LogP contribution in [-0.4, -0.2) is 35.7 Å². The van der Waals surface area contributed by atoms with Gasteiger partial charge < -0.3 is 24.1 Å². The number of nitrogens with zero attached hydrogens (tertiary/aromatic N) is 1. The normalized spacial score (nSPS) is 16.6. The molecule has 3 heterocycles. The Labute approximate surface area is 203 Å². The van der Waals surface area contributed by atoms with E-state index in [1.165, 1.54) is 10.9 Å². The van der Waals surface area contributed by atoms with Crippen molar-refractivity contribution in [2.75, 3.05) is 19.9 Å². The Kier molecular flexibility index (Phi) is 5.41. The van der Waals surface area contributed by atoms with Crippen LogP contribution >= 0.6 is 0 Å². The molecule has 1 aromatic heterocycles. The van der Waals surface area contributed by atoms with E-state index in [9.17, 15) is 4.79 Å². The highest BCUT2D eigenvalue weighted by Gasteiger charge is 2.34. The Balaban J connectivity index is 1.36. The topological polar surface area (TPSA) is 63.8 Å². The zero-order valence-corrected chi connectivity index (χ0v) is 19.5. The van der Waals surface area contributed by atoms with Gasteiger partial charge in [-0.05, 0) is 66.4 Å². The smallest absolute Gasteiger partial charge is 0.247 e. The van der Waals surface area contributed by atoms with Crippen molar-refractivity contribution >= 4 is 22.9 Å². The summed E-state index contributed by atoms with van der Waals surface area (Å²) in [6.07, 6.45) is 4.31. The molecule has 6 nitrogen and oxygen atoms in total. The van der Waals surface area contributed by atoms with Crippen molar-refractivity contribution < 1.29 is 19.0 Å². The molecule has 3 aromatic carbocycles. The summed E-state index contributed by atoms with van der Waals surface area (Å²) in [6, 6.07) is 21.7. The number of carbonyl (C=O) groups is 1. The van der Waals surface area contributed by atoms with E-state index in [0.29, 0.717) is 18.9 Å². The number of hydrogen-bond donors (Lipinski definition) is 1. The van der Waals surface area contributed by atoms with Crippen molar-refractivity contribution in [3.8, 4) is 17.2 Å². The number of aromatic amines is 1. The van der Waals surface area contributed by atoms with E-state index in [2.05, 4.69) is 23.2 Å². The molecule has 0 bridgehead atoms. The highest BCUT2D eigenvalue weighted by Crippen LogP contribution is 2.42. The third-order valence-corrected chi connectivity index (χ3v) is 6.64. The number of ether oxygens (including phenoxy) is 3. The molecule has 35 heavy (non-hydrogen) atoms. The molecule has 1 atom stereocenters. The largest absolute Gasteiger partial charge is 0.494 e. The van der Waals surface area contributed by atoms with Crippen LogP contribution in [0.25, 0.3) is 17.0 Å². The van der Waals surface area contributed by atoms with Gasteiger partial charge in [-0.15, -0.1) is 0 Å². The molecule has 2 aliphatic heterocycles. The lowest BCUT2D eigenvalue weighted by molar-refractivity contribution is -0.128. The Morgan fingerprint density at radius 3 is 2.77 bits per heavy atom. The summed E-state index contributed by atoms with van der Waals surface area (Å²) in [5, 5.41) is 1.21. The Bertz CT molecular complexity index is 1420. The van der Waals surface area contributed by atoms with Gasteiger partial charge in [-0.2, -0.15) is 0 Å². The molecule has 0 saturated heterocycles. The number of rotatable bonds is 5. The lowest BCUT2D eigenvalue weighted by Gasteiger charge is -2.35. The molecule has 4 aromatic rings. The fourth-order valence-electron chi connectivity index (χ4n) is 5.01. The number of amides is 1. The van der Waals surface area contributed by atoms with E-state index < -0.39 is 0 Å². The molecule has 0 fully saturated rings. The molecule has 0 radical (unpaired) electrons. The maximum absolute atomic E-state index is 13.5. The summed E-state index contributed by atoms with van der Waals surface area (Å²) >= 11 is 0. The molecule has 6 heteroatoms. The zero-order chi connectivity index (χ0) is 23.8. The predicted molar refractivity (Wildman–Crippen MR) is 135 cm³/mol. The minimum Gasteiger partial charge on any atom is -0.494 e. The van der Waals surface area contributed by atoms with Gasteiger partial charge >= 0.3 is 0 Å². The zero-order valence-electron chi connectivity index (χ0n) is 19.5. The Morgan fingerprint density at radius 1 is 1.09 bits per heavy atom. The summed E-state index contributed by atoms with van der Waals surface area (Å²) in [7, 11) is 0. The molecular formula is C29H26N2O4. The van der Waals surface area contributed by atoms with Gasteiger partial charge in [0.05, 0.1) is 12.6 Å². The van der Waals surface area contributed by atoms with Crippen LogP contribution in [-0.2, 0) is 11.2 Å². The molecule has 176 valence electrons. The summed E-state index contributed by atoms with van der Waals surface area (Å²) < 4.78 is 16.7. The van der Waals surface area contributed by atoms with Crippen LogP contribution in [0, 0.1) is 0 Å². The maximum atomic E-state index is 13.5. The first-order valence-corrected chi connectivity index (χ1v) is 11.9. The minimum absolute atomic E-state index is 0.0362. The molecule has 0 aliphatic carbocycles. The lowest BCUT2D eigenvalue weighted by Crippen LogP contribution is -2.39. The van der Waals surface area contributed by atoms with Gasteiger partial charge in [0.2, 0.25) is 12.7 Å². The van der Waals surface area contributed by atoms with E-state index in [1.54, 1.807) is 6.08 Å². The SMILES string of the molecule is CCOc1ccc(C=CC(=O)N2CCc3c([nH]c4ccccc34)C2c2ccc3c(c2)OCO3)cc1. The average Bonchev–Trinajstić information content (AvgIpc) is 3.51. The van der Waals surface area contributed by atoms with Crippen molar-refractivity contribution in [1.82, 2.24) is 9.88 Å². The maximum Gasteiger partial charge on any atom is 0.247 e. The first kappa shape index (κ1) is 21.4. The summed E-state index contributed by atoms with van der Waals surface area (Å²) in [5.41, 5.74) is 5.35. The predicted octanol–water partition coefficient (Wildman–Crippen LogP) is 5.48. The van der Waals surface area contributed by atoms with Crippen molar-refractivity contribution in [2.45, 2.75) is 19.4 Å². The number of carbonyl (C=O) groups excluding carboxylic acids is 1. The number of fused-ring (bicyclic) bond motifs is 4. The highest BCUT2D eigenvalue weighted by atomic mass is 16.7. The van der Waals surface area contributed by atoms with Crippen molar-refractivity contribution in [3.05, 3.63) is 95.2 Å². The van der Waals surface area contributed by atoms with Crippen LogP contribution < -0.4 is 14.2 Å². The third-order valence-electron chi connectivity index (χ3n) is 6.64. The number of hydrogen-bond acceptors (Lipinski definition) is 4. The van der Waals surface area contributed by atoms with Gasteiger partial charge in [-0.25, -0.2) is 0 Å². The van der Waals surface area contributed by atoms with E-state index in [1.807, 2.05) is 66.4 Å². The first-order valence-electron chi connectivity index (χ1n) is 11.9. The highest BCUT2D eigenvalue weighted by molar-refractivity contribution is 5.93. The van der Waals surface area contributed by atoms with Crippen LogP contribution in [0.2, 0.25) is 0 Å². The molecule has 1 amide bonds. The van der Waals surface area contributed by atoms with Gasteiger partial charge in [0.1, 0.15) is 5.75 Å². The molecule has 6 rings (SSSR count). The fraction of sp³-hybridized carbons (Fsp3) is 0.207. The van der Waals surface area contributed by atoms with Crippen LogP contribution in [0.5, 0.6) is 17.2 Å². The number of nitrogens with one attached hydrogen (secondary N) is 1. The number of benzene rings is 3. The van der Waals surface area contributed by atoms with Crippen molar-refractivity contribution in [2.24, 2.45) is 0 Å². The molecule has 2 aliphatic rings. The van der Waals surface area contributed by atoms with E-state index >= 15 is 0 Å². The molecule has 1 N–H and O–H groups in total. The lowest BCUT2D eigenvalue weighted by atomic mass is 9.92. The Morgan fingerprint density at radius 2 is 1.91 bits per heavy atom. The minimum atomic E-state index is -0.252.